The van der Waals surface area contributed by atoms with Crippen molar-refractivity contribution >= 4 is 22.0 Å². The van der Waals surface area contributed by atoms with Crippen LogP contribution >= 0.6 is 0 Å². The van der Waals surface area contributed by atoms with Gasteiger partial charge in [0.25, 0.3) is 0 Å². The van der Waals surface area contributed by atoms with Gasteiger partial charge in [0.15, 0.2) is 0 Å². The Kier molecular flexibility index (Phi) is 20.6. The average Bonchev–Trinajstić information content (AvgIpc) is 1.89. The summed E-state index contributed by atoms with van der Waals surface area (Å²) in [5.74, 6) is 8.12. The first-order valence-electron chi connectivity index (χ1n) is 1.47. The van der Waals surface area contributed by atoms with Crippen LogP contribution in [0.15, 0.2) is 0 Å². The summed E-state index contributed by atoms with van der Waals surface area (Å²) in [5, 5.41) is 0. The molecule has 0 saturated heterocycles. The van der Waals surface area contributed by atoms with E-state index < -0.39 is 22.0 Å². The fourth-order valence-corrected chi connectivity index (χ4v) is 0. The fourth-order valence-electron chi connectivity index (χ4n) is 0. The molecule has 0 radical (unpaired) electrons. The van der Waals surface area contributed by atoms with Gasteiger partial charge < -0.3 is 25.4 Å². The monoisotopic (exact) mass is 256 g/mol. The molecular weight excluding hydrogens is 254 g/mol. The van der Waals surface area contributed by atoms with Crippen LogP contribution in [-0.2, 0) is 66.9 Å². The van der Waals surface area contributed by atoms with Crippen molar-refractivity contribution < 1.29 is 44.9 Å². The maximum Gasteiger partial charge on any atom is 2.00 e. The molecule has 8 nitrogen and oxygen atoms in total. The summed E-state index contributed by atoms with van der Waals surface area (Å²) in [6, 6.07) is 0. The van der Waals surface area contributed by atoms with E-state index in [4.69, 9.17) is 16.8 Å². The van der Waals surface area contributed by atoms with E-state index in [0.29, 0.717) is 0 Å². The molecular formula is H4N2O6S2Zn. The summed E-state index contributed by atoms with van der Waals surface area (Å²) < 4.78 is 42.4. The van der Waals surface area contributed by atoms with Gasteiger partial charge in [-0.05, 0) is 0 Å². The Morgan fingerprint density at radius 1 is 0.818 bits per heavy atom. The molecule has 0 amide bonds. The molecule has 0 atom stereocenters. The Morgan fingerprint density at radius 2 is 0.909 bits per heavy atom. The van der Waals surface area contributed by atoms with Gasteiger partial charge in [-0.3, -0.25) is 0 Å². The van der Waals surface area contributed by atoms with Crippen molar-refractivity contribution in [3.63, 3.8) is 0 Å². The largest absolute Gasteiger partial charge is 2.00 e. The summed E-state index contributed by atoms with van der Waals surface area (Å²) in [6.45, 7) is 0. The van der Waals surface area contributed by atoms with Gasteiger partial charge in [0.05, 0.1) is 22.0 Å². The normalized spacial score (nSPS) is 8.36. The van der Waals surface area contributed by atoms with Gasteiger partial charge in [0.2, 0.25) is 0 Å². The third-order valence-corrected chi connectivity index (χ3v) is 0.471. The second kappa shape index (κ2) is 13.0. The SMILES string of the molecule is NO[S-](=O)=O.NO[S-](=O)=O.[Zn+2]. The number of hydrogen-bond donors (Lipinski definition) is 2. The molecule has 64 valence electrons. The summed E-state index contributed by atoms with van der Waals surface area (Å²) in [5.41, 5.74) is 0. The maximum atomic E-state index is 9.02. The molecule has 0 aromatic heterocycles. The molecule has 11 heteroatoms. The van der Waals surface area contributed by atoms with Crippen LogP contribution in [0.4, 0.5) is 0 Å². The Labute approximate surface area is 78.8 Å². The van der Waals surface area contributed by atoms with Crippen LogP contribution in [0.25, 0.3) is 0 Å². The van der Waals surface area contributed by atoms with Crippen LogP contribution in [0, 0.1) is 0 Å². The third-order valence-electron chi connectivity index (χ3n) is 0.157. The van der Waals surface area contributed by atoms with Gasteiger partial charge in [0, 0.05) is 0 Å². The number of nitrogens with two attached hydrogens (primary N) is 2. The van der Waals surface area contributed by atoms with Gasteiger partial charge in [0.1, 0.15) is 0 Å². The first-order chi connectivity index (χ1) is 4.54. The van der Waals surface area contributed by atoms with E-state index >= 15 is 0 Å². The van der Waals surface area contributed by atoms with Crippen LogP contribution in [0.2, 0.25) is 0 Å². The number of hydrogen-bond acceptors (Lipinski definition) is 10. The molecule has 4 N–H and O–H groups in total. The maximum absolute atomic E-state index is 9.02. The molecule has 0 saturated carbocycles. The van der Waals surface area contributed by atoms with Crippen molar-refractivity contribution in [2.75, 3.05) is 0 Å². The van der Waals surface area contributed by atoms with Crippen molar-refractivity contribution in [1.82, 2.24) is 0 Å². The molecule has 11 heavy (non-hydrogen) atoms. The molecule has 0 spiro atoms. The summed E-state index contributed by atoms with van der Waals surface area (Å²) in [4.78, 5) is 0. The molecule has 0 rings (SSSR count). The van der Waals surface area contributed by atoms with E-state index in [9.17, 15) is 0 Å². The molecule has 0 fully saturated rings. The minimum Gasteiger partial charge on any atom is -0.395 e. The van der Waals surface area contributed by atoms with Crippen LogP contribution in [-0.4, -0.2) is 0 Å². The van der Waals surface area contributed by atoms with E-state index in [1.54, 1.807) is 0 Å². The molecule has 0 unspecified atom stereocenters. The second-order valence-electron chi connectivity index (χ2n) is 0.601. The molecule has 0 heterocycles. The minimum absolute atomic E-state index is 0. The zero-order chi connectivity index (χ0) is 8.57. The van der Waals surface area contributed by atoms with Gasteiger partial charge in [-0.15, -0.1) is 0 Å². The molecule has 0 aromatic carbocycles. The summed E-state index contributed by atoms with van der Waals surface area (Å²) in [6.07, 6.45) is 0. The topological polar surface area (TPSA) is 139 Å². The Bertz CT molecular complexity index is 157. The smallest absolute Gasteiger partial charge is 0.395 e. The minimum atomic E-state index is -2.54. The average molecular weight is 258 g/mol. The van der Waals surface area contributed by atoms with Crippen LogP contribution in [0.1, 0.15) is 0 Å². The zero-order valence-corrected chi connectivity index (χ0v) is 9.73. The quantitative estimate of drug-likeness (QED) is 0.335. The van der Waals surface area contributed by atoms with E-state index in [1.807, 2.05) is 0 Å². The molecule has 0 aliphatic carbocycles. The standard InChI is InChI=1S/2H2NO3S.Zn/c2*1-4-5(2)3;/h2*1H2;/q2*-1;+2. The summed E-state index contributed by atoms with van der Waals surface area (Å²) in [7, 11) is -5.09. The van der Waals surface area contributed by atoms with Crippen LogP contribution < -0.4 is 11.8 Å². The van der Waals surface area contributed by atoms with E-state index in [2.05, 4.69) is 20.4 Å². The second-order valence-corrected chi connectivity index (χ2v) is 1.80. The first-order valence-corrected chi connectivity index (χ1v) is 3.47. The molecule has 0 aliphatic rings. The molecule has 0 aromatic rings. The third kappa shape index (κ3) is 38.1. The summed E-state index contributed by atoms with van der Waals surface area (Å²) >= 11 is 0. The predicted octanol–water partition coefficient (Wildman–Crippen LogP) is -1.80. The molecule has 0 bridgehead atoms. The predicted molar refractivity (Wildman–Crippen MR) is 28.0 cm³/mol. The van der Waals surface area contributed by atoms with Crippen molar-refractivity contribution in [2.45, 2.75) is 0 Å². The van der Waals surface area contributed by atoms with Crippen molar-refractivity contribution in [1.29, 1.82) is 0 Å². The zero-order valence-electron chi connectivity index (χ0n) is 5.13. The van der Waals surface area contributed by atoms with E-state index in [0.717, 1.165) is 0 Å². The fraction of sp³-hybridized carbons (Fsp3) is 0. The molecule has 0 aliphatic heterocycles. The van der Waals surface area contributed by atoms with Crippen molar-refractivity contribution in [2.24, 2.45) is 11.8 Å². The Morgan fingerprint density at radius 3 is 0.909 bits per heavy atom. The van der Waals surface area contributed by atoms with Crippen LogP contribution in [0.3, 0.4) is 0 Å². The van der Waals surface area contributed by atoms with E-state index in [1.165, 1.54) is 0 Å². The number of rotatable bonds is 2. The van der Waals surface area contributed by atoms with Gasteiger partial charge in [-0.25, -0.2) is 11.8 Å². The van der Waals surface area contributed by atoms with Crippen molar-refractivity contribution in [3.05, 3.63) is 0 Å². The first kappa shape index (κ1) is 17.4. The van der Waals surface area contributed by atoms with Gasteiger partial charge in [-0.1, -0.05) is 0 Å². The van der Waals surface area contributed by atoms with Gasteiger partial charge >= 0.3 is 19.5 Å². The van der Waals surface area contributed by atoms with Gasteiger partial charge in [-0.2, -0.15) is 0 Å². The van der Waals surface area contributed by atoms with Crippen LogP contribution in [0.5, 0.6) is 0 Å². The Balaban J connectivity index is -0.000000107. The van der Waals surface area contributed by atoms with Crippen molar-refractivity contribution in [3.8, 4) is 0 Å². The van der Waals surface area contributed by atoms with E-state index in [-0.39, 0.29) is 19.5 Å². The Hall–Kier alpha value is 0.363.